The van der Waals surface area contributed by atoms with Gasteiger partial charge in [0.25, 0.3) is 0 Å². The van der Waals surface area contributed by atoms with Crippen molar-refractivity contribution in [2.45, 2.75) is 58.7 Å². The first kappa shape index (κ1) is 15.5. The summed E-state index contributed by atoms with van der Waals surface area (Å²) in [7, 11) is 0. The Morgan fingerprint density at radius 2 is 1.95 bits per heavy atom. The molecule has 2 rings (SSSR count). The van der Waals surface area contributed by atoms with Gasteiger partial charge in [-0.1, -0.05) is 6.92 Å². The molecule has 20 heavy (non-hydrogen) atoms. The van der Waals surface area contributed by atoms with Crippen LogP contribution in [0.4, 0.5) is 0 Å². The molecule has 0 amide bonds. The van der Waals surface area contributed by atoms with E-state index >= 15 is 0 Å². The first-order chi connectivity index (χ1) is 9.49. The smallest absolute Gasteiger partial charge is 0.0271 e. The number of pyridine rings is 1. The van der Waals surface area contributed by atoms with Gasteiger partial charge in [-0.25, -0.2) is 0 Å². The molecule has 3 heteroatoms. The minimum atomic E-state index is 0.224. The van der Waals surface area contributed by atoms with Crippen LogP contribution in [0.2, 0.25) is 0 Å². The van der Waals surface area contributed by atoms with Gasteiger partial charge in [-0.2, -0.15) is 0 Å². The van der Waals surface area contributed by atoms with E-state index < -0.39 is 0 Å². The molecule has 0 spiro atoms. The van der Waals surface area contributed by atoms with Crippen LogP contribution in [0, 0.1) is 5.92 Å². The summed E-state index contributed by atoms with van der Waals surface area (Å²) < 4.78 is 0. The molecule has 1 aliphatic rings. The highest BCUT2D eigenvalue weighted by Crippen LogP contribution is 2.32. The van der Waals surface area contributed by atoms with Crippen LogP contribution >= 0.6 is 0 Å². The second-order valence-electron chi connectivity index (χ2n) is 6.95. The molecular formula is C17H29N3. The van der Waals surface area contributed by atoms with E-state index in [1.807, 2.05) is 12.4 Å². The van der Waals surface area contributed by atoms with Gasteiger partial charge >= 0.3 is 0 Å². The third-order valence-electron chi connectivity index (χ3n) is 4.28. The Balaban J connectivity index is 1.88. The number of nitrogens with one attached hydrogen (secondary N) is 1. The molecule has 1 fully saturated rings. The Morgan fingerprint density at radius 1 is 1.25 bits per heavy atom. The highest BCUT2D eigenvalue weighted by Gasteiger charge is 2.35. The van der Waals surface area contributed by atoms with Crippen LogP contribution < -0.4 is 5.32 Å². The lowest BCUT2D eigenvalue weighted by atomic mass is 9.78. The largest absolute Gasteiger partial charge is 0.312 e. The lowest BCUT2D eigenvalue weighted by molar-refractivity contribution is 0.0562. The number of nitrogens with zero attached hydrogens (tertiary/aromatic N) is 2. The van der Waals surface area contributed by atoms with Crippen molar-refractivity contribution in [2.24, 2.45) is 5.92 Å². The van der Waals surface area contributed by atoms with E-state index in [0.717, 1.165) is 31.6 Å². The molecule has 2 atom stereocenters. The molecular weight excluding hydrogens is 246 g/mol. The predicted octanol–water partition coefficient (Wildman–Crippen LogP) is 3.07. The fraction of sp³-hybridized carbons (Fsp3) is 0.706. The summed E-state index contributed by atoms with van der Waals surface area (Å²) in [6, 6.07) is 5.00. The summed E-state index contributed by atoms with van der Waals surface area (Å²) in [5.41, 5.74) is 1.60. The molecule has 1 aromatic rings. The molecule has 1 saturated carbocycles. The van der Waals surface area contributed by atoms with Crippen molar-refractivity contribution in [3.05, 3.63) is 30.1 Å². The molecule has 0 radical (unpaired) electrons. The first-order valence-corrected chi connectivity index (χ1v) is 7.87. The second kappa shape index (κ2) is 6.68. The maximum absolute atomic E-state index is 4.10. The molecule has 3 nitrogen and oxygen atoms in total. The van der Waals surface area contributed by atoms with Crippen molar-refractivity contribution in [2.75, 3.05) is 13.1 Å². The van der Waals surface area contributed by atoms with Crippen LogP contribution in [-0.2, 0) is 6.54 Å². The standard InChI is InChI=1S/C17H29N3/c1-5-20(13-14-8-10-18-11-9-14)16-7-6-15(16)12-19-17(2,3)4/h8-11,15-16,19H,5-7,12-13H2,1-4H3. The summed E-state index contributed by atoms with van der Waals surface area (Å²) in [5.74, 6) is 0.802. The van der Waals surface area contributed by atoms with Gasteiger partial charge in [-0.3, -0.25) is 9.88 Å². The minimum Gasteiger partial charge on any atom is -0.312 e. The topological polar surface area (TPSA) is 28.2 Å². The summed E-state index contributed by atoms with van der Waals surface area (Å²) >= 11 is 0. The number of aromatic nitrogens is 1. The van der Waals surface area contributed by atoms with E-state index in [0.29, 0.717) is 0 Å². The number of hydrogen-bond acceptors (Lipinski definition) is 3. The quantitative estimate of drug-likeness (QED) is 0.865. The van der Waals surface area contributed by atoms with Gasteiger partial charge in [0, 0.05) is 30.5 Å². The van der Waals surface area contributed by atoms with Crippen LogP contribution in [0.25, 0.3) is 0 Å². The Labute approximate surface area is 123 Å². The van der Waals surface area contributed by atoms with Gasteiger partial charge in [0.1, 0.15) is 0 Å². The van der Waals surface area contributed by atoms with E-state index in [9.17, 15) is 0 Å². The Morgan fingerprint density at radius 3 is 2.45 bits per heavy atom. The lowest BCUT2D eigenvalue weighted by Gasteiger charge is -2.45. The number of rotatable bonds is 6. The molecule has 0 bridgehead atoms. The van der Waals surface area contributed by atoms with Crippen molar-refractivity contribution >= 4 is 0 Å². The molecule has 112 valence electrons. The van der Waals surface area contributed by atoms with E-state index in [4.69, 9.17) is 0 Å². The predicted molar refractivity (Wildman–Crippen MR) is 84.6 cm³/mol. The van der Waals surface area contributed by atoms with Crippen molar-refractivity contribution in [1.29, 1.82) is 0 Å². The van der Waals surface area contributed by atoms with E-state index in [2.05, 4.69) is 55.0 Å². The number of hydrogen-bond donors (Lipinski definition) is 1. The maximum atomic E-state index is 4.10. The van der Waals surface area contributed by atoms with Gasteiger partial charge < -0.3 is 5.32 Å². The normalized spacial score (nSPS) is 22.9. The summed E-state index contributed by atoms with van der Waals surface area (Å²) in [6.45, 7) is 12.3. The Kier molecular flexibility index (Phi) is 5.17. The molecule has 1 N–H and O–H groups in total. The molecule has 2 unspecified atom stereocenters. The van der Waals surface area contributed by atoms with Gasteiger partial charge in [0.15, 0.2) is 0 Å². The first-order valence-electron chi connectivity index (χ1n) is 7.87. The zero-order valence-corrected chi connectivity index (χ0v) is 13.4. The fourth-order valence-corrected chi connectivity index (χ4v) is 2.89. The van der Waals surface area contributed by atoms with Crippen LogP contribution in [-0.4, -0.2) is 34.6 Å². The third-order valence-corrected chi connectivity index (χ3v) is 4.28. The molecule has 1 aliphatic carbocycles. The minimum absolute atomic E-state index is 0.224. The molecule has 0 saturated heterocycles. The zero-order chi connectivity index (χ0) is 14.6. The second-order valence-corrected chi connectivity index (χ2v) is 6.95. The average Bonchev–Trinajstić information content (AvgIpc) is 2.36. The summed E-state index contributed by atoms with van der Waals surface area (Å²) in [6.07, 6.45) is 6.49. The van der Waals surface area contributed by atoms with Gasteiger partial charge in [-0.05, 0) is 70.3 Å². The molecule has 0 aromatic carbocycles. The molecule has 1 heterocycles. The summed E-state index contributed by atoms with van der Waals surface area (Å²) in [5, 5.41) is 3.66. The van der Waals surface area contributed by atoms with Crippen LogP contribution in [0.15, 0.2) is 24.5 Å². The SMILES string of the molecule is CCN(Cc1ccncc1)C1CCC1CNC(C)(C)C. The zero-order valence-electron chi connectivity index (χ0n) is 13.4. The van der Waals surface area contributed by atoms with Crippen LogP contribution in [0.5, 0.6) is 0 Å². The maximum Gasteiger partial charge on any atom is 0.0271 e. The van der Waals surface area contributed by atoms with Crippen LogP contribution in [0.3, 0.4) is 0 Å². The monoisotopic (exact) mass is 275 g/mol. The summed E-state index contributed by atoms with van der Waals surface area (Å²) in [4.78, 5) is 6.72. The lowest BCUT2D eigenvalue weighted by Crippen LogP contribution is -2.52. The highest BCUT2D eigenvalue weighted by molar-refractivity contribution is 5.10. The fourth-order valence-electron chi connectivity index (χ4n) is 2.89. The van der Waals surface area contributed by atoms with E-state index in [-0.39, 0.29) is 5.54 Å². The van der Waals surface area contributed by atoms with Crippen molar-refractivity contribution in [3.8, 4) is 0 Å². The average molecular weight is 275 g/mol. The van der Waals surface area contributed by atoms with Crippen molar-refractivity contribution in [1.82, 2.24) is 15.2 Å². The Bertz CT molecular complexity index is 396. The Hall–Kier alpha value is -0.930. The van der Waals surface area contributed by atoms with Gasteiger partial charge in [0.05, 0.1) is 0 Å². The van der Waals surface area contributed by atoms with Crippen molar-refractivity contribution in [3.63, 3.8) is 0 Å². The third kappa shape index (κ3) is 4.29. The highest BCUT2D eigenvalue weighted by atomic mass is 15.2. The van der Waals surface area contributed by atoms with Gasteiger partial charge in [0.2, 0.25) is 0 Å². The van der Waals surface area contributed by atoms with Crippen LogP contribution in [0.1, 0.15) is 46.1 Å². The van der Waals surface area contributed by atoms with Gasteiger partial charge in [-0.15, -0.1) is 0 Å². The van der Waals surface area contributed by atoms with Crippen molar-refractivity contribution < 1.29 is 0 Å². The molecule has 0 aliphatic heterocycles. The van der Waals surface area contributed by atoms with E-state index in [1.54, 1.807) is 0 Å². The molecule has 1 aromatic heterocycles. The van der Waals surface area contributed by atoms with E-state index in [1.165, 1.54) is 18.4 Å².